The number of aryl methyl sites for hydroxylation is 1. The van der Waals surface area contributed by atoms with E-state index in [2.05, 4.69) is 13.8 Å². The topological polar surface area (TPSA) is 43.4 Å². The summed E-state index contributed by atoms with van der Waals surface area (Å²) in [7, 11) is -3.72. The van der Waals surface area contributed by atoms with E-state index in [-0.39, 0.29) is 6.61 Å². The predicted octanol–water partition coefficient (Wildman–Crippen LogP) is 5.46. The van der Waals surface area contributed by atoms with Gasteiger partial charge in [-0.2, -0.15) is 8.42 Å². The van der Waals surface area contributed by atoms with Crippen LogP contribution >= 0.6 is 0 Å². The zero-order valence-electron chi connectivity index (χ0n) is 14.9. The second-order valence-corrected chi connectivity index (χ2v) is 8.36. The smallest absolute Gasteiger partial charge is 0.266 e. The van der Waals surface area contributed by atoms with Crippen LogP contribution in [0.2, 0.25) is 0 Å². The molecule has 0 spiro atoms. The molecule has 0 aliphatic carbocycles. The van der Waals surface area contributed by atoms with Crippen LogP contribution in [0.3, 0.4) is 0 Å². The van der Waals surface area contributed by atoms with Crippen LogP contribution in [0, 0.1) is 12.8 Å². The quantitative estimate of drug-likeness (QED) is 0.446. The number of unbranched alkanes of at least 4 members (excludes halogenated alkanes) is 3. The van der Waals surface area contributed by atoms with Crippen molar-refractivity contribution in [3.8, 4) is 0 Å². The van der Waals surface area contributed by atoms with Gasteiger partial charge >= 0.3 is 0 Å². The third kappa shape index (κ3) is 5.05. The van der Waals surface area contributed by atoms with Gasteiger partial charge in [-0.15, -0.1) is 0 Å². The summed E-state index contributed by atoms with van der Waals surface area (Å²) in [5.74, 6) is 0.732. The lowest BCUT2D eigenvalue weighted by Gasteiger charge is -2.11. The molecule has 0 aliphatic rings. The highest BCUT2D eigenvalue weighted by molar-refractivity contribution is 7.87. The van der Waals surface area contributed by atoms with Crippen molar-refractivity contribution >= 4 is 20.9 Å². The molecule has 0 fully saturated rings. The Morgan fingerprint density at radius 2 is 1.67 bits per heavy atom. The Morgan fingerprint density at radius 1 is 0.958 bits per heavy atom. The van der Waals surface area contributed by atoms with Crippen molar-refractivity contribution < 1.29 is 12.6 Å². The van der Waals surface area contributed by atoms with Crippen LogP contribution < -0.4 is 0 Å². The third-order valence-corrected chi connectivity index (χ3v) is 5.76. The van der Waals surface area contributed by atoms with Gasteiger partial charge in [0.25, 0.3) is 10.1 Å². The first-order valence-electron chi connectivity index (χ1n) is 8.79. The van der Waals surface area contributed by atoms with E-state index in [1.807, 2.05) is 43.3 Å². The molecule has 4 heteroatoms. The fourth-order valence-electron chi connectivity index (χ4n) is 2.92. The molecule has 2 aromatic rings. The summed E-state index contributed by atoms with van der Waals surface area (Å²) in [6.07, 6.45) is 5.36. The van der Waals surface area contributed by atoms with Crippen LogP contribution in [0.15, 0.2) is 41.3 Å². The van der Waals surface area contributed by atoms with Gasteiger partial charge in [-0.1, -0.05) is 75.9 Å². The summed E-state index contributed by atoms with van der Waals surface area (Å²) in [6.45, 7) is 6.52. The molecule has 0 saturated heterocycles. The van der Waals surface area contributed by atoms with Crippen molar-refractivity contribution in [1.82, 2.24) is 0 Å². The molecule has 0 unspecified atom stereocenters. The Bertz CT molecular complexity index is 764. The molecule has 0 atom stereocenters. The molecule has 132 valence electrons. The van der Waals surface area contributed by atoms with Crippen molar-refractivity contribution in [2.45, 2.75) is 57.8 Å². The van der Waals surface area contributed by atoms with E-state index >= 15 is 0 Å². The number of hydrogen-bond donors (Lipinski definition) is 0. The van der Waals surface area contributed by atoms with Crippen molar-refractivity contribution in [2.24, 2.45) is 5.92 Å². The van der Waals surface area contributed by atoms with Gasteiger partial charge in [-0.05, 0) is 30.2 Å². The molecular weight excluding hydrogens is 320 g/mol. The van der Waals surface area contributed by atoms with Gasteiger partial charge in [0.1, 0.15) is 4.90 Å². The summed E-state index contributed by atoms with van der Waals surface area (Å²) < 4.78 is 30.6. The SMILES string of the molecule is Cc1ccc2ccccc2c1S(=O)(=O)OCCCCCCC(C)C. The zero-order chi connectivity index (χ0) is 17.6. The summed E-state index contributed by atoms with van der Waals surface area (Å²) >= 11 is 0. The first kappa shape index (κ1) is 18.9. The first-order chi connectivity index (χ1) is 11.4. The highest BCUT2D eigenvalue weighted by Crippen LogP contribution is 2.28. The molecule has 0 saturated carbocycles. The van der Waals surface area contributed by atoms with E-state index in [4.69, 9.17) is 4.18 Å². The summed E-state index contributed by atoms with van der Waals surface area (Å²) in [5.41, 5.74) is 0.727. The average Bonchev–Trinajstić information content (AvgIpc) is 2.53. The molecule has 0 N–H and O–H groups in total. The maximum Gasteiger partial charge on any atom is 0.297 e. The predicted molar refractivity (Wildman–Crippen MR) is 99.7 cm³/mol. The molecule has 24 heavy (non-hydrogen) atoms. The van der Waals surface area contributed by atoms with Gasteiger partial charge in [0.15, 0.2) is 0 Å². The number of benzene rings is 2. The fraction of sp³-hybridized carbons (Fsp3) is 0.500. The highest BCUT2D eigenvalue weighted by atomic mass is 32.2. The lowest BCUT2D eigenvalue weighted by atomic mass is 10.0. The van der Waals surface area contributed by atoms with Crippen LogP contribution in [-0.4, -0.2) is 15.0 Å². The molecule has 0 heterocycles. The van der Waals surface area contributed by atoms with Crippen molar-refractivity contribution in [3.63, 3.8) is 0 Å². The maximum atomic E-state index is 12.6. The summed E-state index contributed by atoms with van der Waals surface area (Å²) in [6, 6.07) is 11.3. The van der Waals surface area contributed by atoms with Gasteiger partial charge in [0.05, 0.1) is 6.61 Å². The number of rotatable bonds is 9. The van der Waals surface area contributed by atoms with Crippen LogP contribution in [0.1, 0.15) is 51.5 Å². The fourth-order valence-corrected chi connectivity index (χ4v) is 4.29. The molecule has 0 amide bonds. The second kappa shape index (κ2) is 8.63. The Labute approximate surface area is 146 Å². The van der Waals surface area contributed by atoms with Crippen molar-refractivity contribution in [3.05, 3.63) is 42.0 Å². The average molecular weight is 349 g/mol. The minimum absolute atomic E-state index is 0.257. The van der Waals surface area contributed by atoms with E-state index in [0.29, 0.717) is 4.90 Å². The van der Waals surface area contributed by atoms with Crippen LogP contribution in [0.4, 0.5) is 0 Å². The van der Waals surface area contributed by atoms with Crippen LogP contribution in [-0.2, 0) is 14.3 Å². The normalized spacial score (nSPS) is 12.2. The lowest BCUT2D eigenvalue weighted by molar-refractivity contribution is 0.306. The molecule has 0 aromatic heterocycles. The summed E-state index contributed by atoms with van der Waals surface area (Å²) in [4.78, 5) is 0.306. The van der Waals surface area contributed by atoms with Gasteiger partial charge in [-0.3, -0.25) is 4.18 Å². The number of hydrogen-bond acceptors (Lipinski definition) is 3. The second-order valence-electron chi connectivity index (χ2n) is 6.81. The third-order valence-electron chi connectivity index (χ3n) is 4.24. The molecule has 3 nitrogen and oxygen atoms in total. The Kier molecular flexibility index (Phi) is 6.81. The van der Waals surface area contributed by atoms with E-state index in [0.717, 1.165) is 41.5 Å². The van der Waals surface area contributed by atoms with Gasteiger partial charge in [0, 0.05) is 5.39 Å². The van der Waals surface area contributed by atoms with E-state index in [9.17, 15) is 8.42 Å². The van der Waals surface area contributed by atoms with Crippen molar-refractivity contribution in [2.75, 3.05) is 6.61 Å². The molecule has 2 rings (SSSR count). The van der Waals surface area contributed by atoms with E-state index < -0.39 is 10.1 Å². The highest BCUT2D eigenvalue weighted by Gasteiger charge is 2.20. The lowest BCUT2D eigenvalue weighted by Crippen LogP contribution is -2.10. The van der Waals surface area contributed by atoms with Crippen LogP contribution in [0.5, 0.6) is 0 Å². The first-order valence-corrected chi connectivity index (χ1v) is 10.2. The Balaban J connectivity index is 1.97. The largest absolute Gasteiger partial charge is 0.297 e. The summed E-state index contributed by atoms with van der Waals surface area (Å²) in [5, 5.41) is 1.65. The Hall–Kier alpha value is -1.39. The van der Waals surface area contributed by atoms with Gasteiger partial charge in [-0.25, -0.2) is 0 Å². The van der Waals surface area contributed by atoms with Crippen molar-refractivity contribution in [1.29, 1.82) is 0 Å². The molecule has 0 bridgehead atoms. The minimum atomic E-state index is -3.72. The number of fused-ring (bicyclic) bond motifs is 1. The molecule has 0 aliphatic heterocycles. The zero-order valence-corrected chi connectivity index (χ0v) is 15.7. The van der Waals surface area contributed by atoms with Crippen LogP contribution in [0.25, 0.3) is 10.8 Å². The van der Waals surface area contributed by atoms with Gasteiger partial charge < -0.3 is 0 Å². The van der Waals surface area contributed by atoms with E-state index in [1.54, 1.807) is 0 Å². The Morgan fingerprint density at radius 3 is 2.42 bits per heavy atom. The van der Waals surface area contributed by atoms with Gasteiger partial charge in [0.2, 0.25) is 0 Å². The van der Waals surface area contributed by atoms with E-state index in [1.165, 1.54) is 12.8 Å². The molecule has 2 aromatic carbocycles. The molecule has 0 radical (unpaired) electrons. The maximum absolute atomic E-state index is 12.6. The minimum Gasteiger partial charge on any atom is -0.266 e. The molecular formula is C20H28O3S. The monoisotopic (exact) mass is 348 g/mol. The standard InChI is InChI=1S/C20H28O3S/c1-16(2)10-6-4-5-9-15-23-24(21,22)20-17(3)13-14-18-11-7-8-12-19(18)20/h7-8,11-14,16H,4-6,9-10,15H2,1-3H3.